The zero-order valence-corrected chi connectivity index (χ0v) is 8.83. The molecule has 0 N–H and O–H groups in total. The van der Waals surface area contributed by atoms with Gasteiger partial charge in [-0.15, -0.1) is 0 Å². The average Bonchev–Trinajstić information content (AvgIpc) is 2.36. The van der Waals surface area contributed by atoms with Crippen LogP contribution in [0.5, 0.6) is 0 Å². The molecule has 0 aliphatic heterocycles. The molecule has 2 rings (SSSR count). The Hall–Kier alpha value is -1.30. The van der Waals surface area contributed by atoms with Gasteiger partial charge in [0.15, 0.2) is 0 Å². The van der Waals surface area contributed by atoms with Crippen LogP contribution >= 0.6 is 0 Å². The zero-order chi connectivity index (χ0) is 10.0. The Labute approximate surface area is 86.0 Å². The Balaban J connectivity index is 2.40. The van der Waals surface area contributed by atoms with Crippen molar-refractivity contribution in [2.24, 2.45) is 5.41 Å². The highest BCUT2D eigenvalue weighted by atomic mass is 14.2. The van der Waals surface area contributed by atoms with E-state index in [1.165, 1.54) is 11.1 Å². The molecule has 0 radical (unpaired) electrons. The summed E-state index contributed by atoms with van der Waals surface area (Å²) in [6, 6.07) is 0. The maximum atomic E-state index is 2.28. The normalized spacial score (nSPS) is 23.3. The highest BCUT2D eigenvalue weighted by molar-refractivity contribution is 5.48. The largest absolute Gasteiger partial charge is 0.0785 e. The lowest BCUT2D eigenvalue weighted by atomic mass is 9.84. The van der Waals surface area contributed by atoms with E-state index in [9.17, 15) is 0 Å². The predicted octanol–water partition coefficient (Wildman–Crippen LogP) is 3.95. The van der Waals surface area contributed by atoms with Gasteiger partial charge in [0.05, 0.1) is 0 Å². The molecule has 0 aromatic carbocycles. The molecule has 2 aliphatic rings. The monoisotopic (exact) mass is 184 g/mol. The van der Waals surface area contributed by atoms with E-state index in [0.717, 1.165) is 6.42 Å². The molecule has 0 aromatic rings. The molecule has 14 heavy (non-hydrogen) atoms. The molecule has 0 nitrogen and oxygen atoms in total. The van der Waals surface area contributed by atoms with Crippen LogP contribution in [0, 0.1) is 5.41 Å². The standard InChI is InChI=1S/C14H16/c1-14(2)10-6-9-12-7-4-3-5-8-13(12)11-14/h3-10H,11H2,1-2H3. The van der Waals surface area contributed by atoms with Gasteiger partial charge in [0.2, 0.25) is 0 Å². The fourth-order valence-corrected chi connectivity index (χ4v) is 1.88. The minimum atomic E-state index is 0.274. The molecule has 0 saturated carbocycles. The third-order valence-electron chi connectivity index (χ3n) is 2.64. The molecule has 72 valence electrons. The molecular formula is C14H16. The van der Waals surface area contributed by atoms with Crippen LogP contribution in [0.4, 0.5) is 0 Å². The van der Waals surface area contributed by atoms with Gasteiger partial charge in [-0.25, -0.2) is 0 Å². The molecular weight excluding hydrogens is 168 g/mol. The second-order valence-corrected chi connectivity index (χ2v) is 4.58. The van der Waals surface area contributed by atoms with Crippen LogP contribution in [0.2, 0.25) is 0 Å². The van der Waals surface area contributed by atoms with Crippen molar-refractivity contribution in [3.63, 3.8) is 0 Å². The smallest absolute Gasteiger partial charge is 0.0131 e. The van der Waals surface area contributed by atoms with Crippen LogP contribution in [0.3, 0.4) is 0 Å². The minimum absolute atomic E-state index is 0.274. The molecule has 0 bridgehead atoms. The highest BCUT2D eigenvalue weighted by Gasteiger charge is 2.19. The molecule has 0 fully saturated rings. The van der Waals surface area contributed by atoms with Crippen molar-refractivity contribution in [3.8, 4) is 0 Å². The first kappa shape index (κ1) is 9.26. The van der Waals surface area contributed by atoms with Crippen molar-refractivity contribution in [3.05, 3.63) is 59.8 Å². The van der Waals surface area contributed by atoms with Gasteiger partial charge in [-0.3, -0.25) is 0 Å². The summed E-state index contributed by atoms with van der Waals surface area (Å²) in [5, 5.41) is 0. The number of rotatable bonds is 0. The molecule has 0 aromatic heterocycles. The number of hydrogen-bond donors (Lipinski definition) is 0. The van der Waals surface area contributed by atoms with Crippen molar-refractivity contribution in [1.82, 2.24) is 0 Å². The van der Waals surface area contributed by atoms with Gasteiger partial charge in [-0.1, -0.05) is 62.5 Å². The zero-order valence-electron chi connectivity index (χ0n) is 8.83. The van der Waals surface area contributed by atoms with E-state index in [2.05, 4.69) is 62.5 Å². The van der Waals surface area contributed by atoms with E-state index in [0.29, 0.717) is 0 Å². The molecule has 0 unspecified atom stereocenters. The Morgan fingerprint density at radius 2 is 1.86 bits per heavy atom. The Bertz CT molecular complexity index is 371. The van der Waals surface area contributed by atoms with Crippen molar-refractivity contribution in [2.75, 3.05) is 0 Å². The molecule has 0 spiro atoms. The molecule has 0 amide bonds. The third kappa shape index (κ3) is 1.95. The lowest BCUT2D eigenvalue weighted by Crippen LogP contribution is -2.07. The first-order valence-electron chi connectivity index (χ1n) is 5.11. The topological polar surface area (TPSA) is 0 Å². The van der Waals surface area contributed by atoms with E-state index in [4.69, 9.17) is 0 Å². The van der Waals surface area contributed by atoms with Gasteiger partial charge in [0.25, 0.3) is 0 Å². The second kappa shape index (κ2) is 3.45. The van der Waals surface area contributed by atoms with E-state index in [-0.39, 0.29) is 5.41 Å². The summed E-state index contributed by atoms with van der Waals surface area (Å²) in [4.78, 5) is 0. The molecule has 0 heteroatoms. The van der Waals surface area contributed by atoms with Gasteiger partial charge in [0.1, 0.15) is 0 Å². The summed E-state index contributed by atoms with van der Waals surface area (Å²) in [6.07, 6.45) is 18.5. The number of hydrogen-bond acceptors (Lipinski definition) is 0. The SMILES string of the molecule is CC1(C)C=CC=C2C=CC=CC=C2C1. The minimum Gasteiger partial charge on any atom is -0.0785 e. The van der Waals surface area contributed by atoms with E-state index in [1.54, 1.807) is 0 Å². The van der Waals surface area contributed by atoms with Gasteiger partial charge in [-0.05, 0) is 23.0 Å². The van der Waals surface area contributed by atoms with Crippen LogP contribution in [0.25, 0.3) is 0 Å². The van der Waals surface area contributed by atoms with Crippen LogP contribution in [0.1, 0.15) is 20.3 Å². The van der Waals surface area contributed by atoms with Gasteiger partial charge in [0, 0.05) is 0 Å². The summed E-state index contributed by atoms with van der Waals surface area (Å²) in [7, 11) is 0. The predicted molar refractivity (Wildman–Crippen MR) is 62.0 cm³/mol. The highest BCUT2D eigenvalue weighted by Crippen LogP contribution is 2.33. The van der Waals surface area contributed by atoms with Crippen molar-refractivity contribution < 1.29 is 0 Å². The van der Waals surface area contributed by atoms with E-state index in [1.807, 2.05) is 0 Å². The van der Waals surface area contributed by atoms with Crippen LogP contribution < -0.4 is 0 Å². The summed E-state index contributed by atoms with van der Waals surface area (Å²) in [5.41, 5.74) is 3.05. The van der Waals surface area contributed by atoms with Gasteiger partial charge in [-0.2, -0.15) is 0 Å². The third-order valence-corrected chi connectivity index (χ3v) is 2.64. The van der Waals surface area contributed by atoms with Crippen LogP contribution in [0.15, 0.2) is 59.8 Å². The summed E-state index contributed by atoms with van der Waals surface area (Å²) >= 11 is 0. The van der Waals surface area contributed by atoms with Gasteiger partial charge >= 0.3 is 0 Å². The number of fused-ring (bicyclic) bond motifs is 1. The fourth-order valence-electron chi connectivity index (χ4n) is 1.88. The first-order valence-corrected chi connectivity index (χ1v) is 5.11. The second-order valence-electron chi connectivity index (χ2n) is 4.58. The quantitative estimate of drug-likeness (QED) is 0.534. The van der Waals surface area contributed by atoms with Gasteiger partial charge < -0.3 is 0 Å². The van der Waals surface area contributed by atoms with Crippen LogP contribution in [-0.2, 0) is 0 Å². The summed E-state index contributed by atoms with van der Waals surface area (Å²) < 4.78 is 0. The van der Waals surface area contributed by atoms with E-state index < -0.39 is 0 Å². The maximum Gasteiger partial charge on any atom is -0.0131 e. The molecule has 2 aliphatic carbocycles. The number of allylic oxidation sites excluding steroid dienone is 10. The first-order chi connectivity index (χ1) is 6.67. The van der Waals surface area contributed by atoms with Crippen molar-refractivity contribution in [1.29, 1.82) is 0 Å². The fraction of sp³-hybridized carbons (Fsp3) is 0.286. The Kier molecular flexibility index (Phi) is 2.28. The molecule has 0 atom stereocenters. The molecule has 0 heterocycles. The lowest BCUT2D eigenvalue weighted by molar-refractivity contribution is 0.480. The van der Waals surface area contributed by atoms with E-state index >= 15 is 0 Å². The summed E-state index contributed by atoms with van der Waals surface area (Å²) in [6.45, 7) is 4.55. The Morgan fingerprint density at radius 3 is 2.71 bits per heavy atom. The van der Waals surface area contributed by atoms with Crippen molar-refractivity contribution >= 4 is 0 Å². The van der Waals surface area contributed by atoms with Crippen LogP contribution in [-0.4, -0.2) is 0 Å². The van der Waals surface area contributed by atoms with Crippen molar-refractivity contribution in [2.45, 2.75) is 20.3 Å². The Morgan fingerprint density at radius 1 is 1.00 bits per heavy atom. The molecule has 0 saturated heterocycles. The maximum absolute atomic E-state index is 2.28. The summed E-state index contributed by atoms with van der Waals surface area (Å²) in [5.74, 6) is 0. The average molecular weight is 184 g/mol. The lowest BCUT2D eigenvalue weighted by Gasteiger charge is -2.20.